The highest BCUT2D eigenvalue weighted by atomic mass is 19.1. The van der Waals surface area contributed by atoms with Gasteiger partial charge in [0, 0.05) is 13.1 Å². The molecule has 3 nitrogen and oxygen atoms in total. The number of hydrogen-bond acceptors (Lipinski definition) is 3. The van der Waals surface area contributed by atoms with Crippen LogP contribution in [-0.4, -0.2) is 12.0 Å². The molecule has 0 saturated heterocycles. The van der Waals surface area contributed by atoms with Crippen molar-refractivity contribution in [2.24, 2.45) is 0 Å². The normalized spacial score (nSPS) is 10.4. The second-order valence-corrected chi connectivity index (χ2v) is 4.05. The van der Waals surface area contributed by atoms with Crippen LogP contribution in [0, 0.1) is 18.6 Å². The molecule has 1 aromatic carbocycles. The van der Waals surface area contributed by atoms with Gasteiger partial charge < -0.3 is 10.6 Å². The van der Waals surface area contributed by atoms with Crippen molar-refractivity contribution in [2.45, 2.75) is 6.92 Å². The molecule has 0 aliphatic rings. The summed E-state index contributed by atoms with van der Waals surface area (Å²) in [7, 11) is 1.62. The molecule has 2 rings (SSSR count). The lowest BCUT2D eigenvalue weighted by molar-refractivity contribution is 0.600. The Morgan fingerprint density at radius 3 is 2.61 bits per heavy atom. The summed E-state index contributed by atoms with van der Waals surface area (Å²) < 4.78 is 26.8. The Kier molecular flexibility index (Phi) is 3.14. The monoisotopic (exact) mass is 249 g/mol. The Morgan fingerprint density at radius 1 is 1.22 bits per heavy atom. The Morgan fingerprint density at radius 2 is 1.94 bits per heavy atom. The van der Waals surface area contributed by atoms with Crippen molar-refractivity contribution >= 4 is 17.2 Å². The molecule has 18 heavy (non-hydrogen) atoms. The van der Waals surface area contributed by atoms with E-state index in [4.69, 9.17) is 5.73 Å². The first-order chi connectivity index (χ1) is 8.49. The zero-order chi connectivity index (χ0) is 13.3. The molecule has 0 aliphatic heterocycles. The third-order valence-corrected chi connectivity index (χ3v) is 2.75. The lowest BCUT2D eigenvalue weighted by Crippen LogP contribution is -2.13. The van der Waals surface area contributed by atoms with Gasteiger partial charge in [0.2, 0.25) is 0 Å². The number of nitrogens with two attached hydrogens (primary N) is 1. The van der Waals surface area contributed by atoms with Crippen molar-refractivity contribution in [3.63, 3.8) is 0 Å². The van der Waals surface area contributed by atoms with Crippen LogP contribution >= 0.6 is 0 Å². The fourth-order valence-electron chi connectivity index (χ4n) is 1.60. The number of nitrogens with zero attached hydrogens (tertiary/aromatic N) is 2. The zero-order valence-electron chi connectivity index (χ0n) is 10.1. The van der Waals surface area contributed by atoms with E-state index in [9.17, 15) is 8.78 Å². The zero-order valence-corrected chi connectivity index (χ0v) is 10.1. The Hall–Kier alpha value is -2.17. The van der Waals surface area contributed by atoms with Gasteiger partial charge in [-0.15, -0.1) is 0 Å². The Labute approximate surface area is 104 Å². The number of benzene rings is 1. The first-order valence-corrected chi connectivity index (χ1v) is 5.40. The van der Waals surface area contributed by atoms with Gasteiger partial charge in [0.15, 0.2) is 0 Å². The fraction of sp³-hybridized carbons (Fsp3) is 0.154. The predicted molar refractivity (Wildman–Crippen MR) is 67.8 cm³/mol. The molecule has 2 aromatic rings. The predicted octanol–water partition coefficient (Wildman–Crippen LogP) is 3.02. The molecule has 0 atom stereocenters. The van der Waals surface area contributed by atoms with Crippen LogP contribution in [-0.2, 0) is 0 Å². The van der Waals surface area contributed by atoms with Crippen LogP contribution in [0.25, 0.3) is 0 Å². The molecular weight excluding hydrogens is 236 g/mol. The molecule has 5 heteroatoms. The van der Waals surface area contributed by atoms with Crippen molar-refractivity contribution in [1.82, 2.24) is 4.98 Å². The summed E-state index contributed by atoms with van der Waals surface area (Å²) in [5.41, 5.74) is 7.20. The topological polar surface area (TPSA) is 42.2 Å². The minimum Gasteiger partial charge on any atom is -0.397 e. The molecular formula is C13H13F2N3. The van der Waals surface area contributed by atoms with E-state index in [1.54, 1.807) is 13.1 Å². The molecule has 0 amide bonds. The number of aryl methyl sites for hydroxylation is 1. The SMILES string of the molecule is Cc1cc(N(C)c2cc(F)ccc2F)ncc1N. The van der Waals surface area contributed by atoms with E-state index in [-0.39, 0.29) is 5.69 Å². The molecule has 2 N–H and O–H groups in total. The smallest absolute Gasteiger partial charge is 0.147 e. The average Bonchev–Trinajstić information content (AvgIpc) is 2.35. The van der Waals surface area contributed by atoms with Gasteiger partial charge in [0.25, 0.3) is 0 Å². The minimum atomic E-state index is -0.504. The van der Waals surface area contributed by atoms with E-state index in [2.05, 4.69) is 4.98 Å². The summed E-state index contributed by atoms with van der Waals surface area (Å²) in [5, 5.41) is 0. The second-order valence-electron chi connectivity index (χ2n) is 4.05. The molecule has 1 aromatic heterocycles. The number of rotatable bonds is 2. The highest BCUT2D eigenvalue weighted by Gasteiger charge is 2.12. The summed E-state index contributed by atoms with van der Waals surface area (Å²) in [4.78, 5) is 5.58. The first-order valence-electron chi connectivity index (χ1n) is 5.40. The van der Waals surface area contributed by atoms with E-state index in [0.29, 0.717) is 11.5 Å². The van der Waals surface area contributed by atoms with E-state index >= 15 is 0 Å². The summed E-state index contributed by atoms with van der Waals surface area (Å²) in [6, 6.07) is 5.02. The Bertz CT molecular complexity index is 584. The molecule has 1 heterocycles. The first kappa shape index (κ1) is 12.3. The number of halogens is 2. The standard InChI is InChI=1S/C13H13F2N3/c1-8-5-13(17-7-11(8)16)18(2)12-6-9(14)3-4-10(12)15/h3-7H,16H2,1-2H3. The van der Waals surface area contributed by atoms with Gasteiger partial charge in [-0.25, -0.2) is 13.8 Å². The third kappa shape index (κ3) is 2.25. The van der Waals surface area contributed by atoms with Crippen LogP contribution in [0.5, 0.6) is 0 Å². The van der Waals surface area contributed by atoms with E-state index in [1.807, 2.05) is 6.92 Å². The highest BCUT2D eigenvalue weighted by Crippen LogP contribution is 2.26. The molecule has 94 valence electrons. The van der Waals surface area contributed by atoms with Gasteiger partial charge in [-0.2, -0.15) is 0 Å². The van der Waals surface area contributed by atoms with E-state index < -0.39 is 11.6 Å². The summed E-state index contributed by atoms with van der Waals surface area (Å²) in [6.07, 6.45) is 1.50. The van der Waals surface area contributed by atoms with Gasteiger partial charge in [-0.1, -0.05) is 0 Å². The number of hydrogen-bond donors (Lipinski definition) is 1. The minimum absolute atomic E-state index is 0.131. The van der Waals surface area contributed by atoms with Gasteiger partial charge in [0.1, 0.15) is 17.5 Å². The molecule has 0 bridgehead atoms. The maximum absolute atomic E-state index is 13.6. The molecule has 0 fully saturated rings. The molecule has 0 spiro atoms. The average molecular weight is 249 g/mol. The molecule has 0 radical (unpaired) electrons. The quantitative estimate of drug-likeness (QED) is 0.889. The van der Waals surface area contributed by atoms with Crippen LogP contribution in [0.4, 0.5) is 26.0 Å². The largest absolute Gasteiger partial charge is 0.397 e. The second kappa shape index (κ2) is 4.60. The maximum atomic E-state index is 13.6. The summed E-state index contributed by atoms with van der Waals surface area (Å²) in [5.74, 6) is -0.494. The van der Waals surface area contributed by atoms with Gasteiger partial charge in [-0.05, 0) is 30.7 Å². The third-order valence-electron chi connectivity index (χ3n) is 2.75. The number of aromatic nitrogens is 1. The molecule has 0 unspecified atom stereocenters. The van der Waals surface area contributed by atoms with Crippen LogP contribution in [0.15, 0.2) is 30.5 Å². The van der Waals surface area contributed by atoms with Crippen LogP contribution < -0.4 is 10.6 Å². The van der Waals surface area contributed by atoms with Crippen LogP contribution in [0.1, 0.15) is 5.56 Å². The lowest BCUT2D eigenvalue weighted by Gasteiger charge is -2.19. The maximum Gasteiger partial charge on any atom is 0.147 e. The van der Waals surface area contributed by atoms with E-state index in [0.717, 1.165) is 23.8 Å². The molecule has 0 saturated carbocycles. The van der Waals surface area contributed by atoms with Gasteiger partial charge in [-0.3, -0.25) is 0 Å². The Balaban J connectivity index is 2.44. The van der Waals surface area contributed by atoms with Crippen molar-refractivity contribution in [2.75, 3.05) is 17.7 Å². The summed E-state index contributed by atoms with van der Waals surface area (Å²) in [6.45, 7) is 1.83. The van der Waals surface area contributed by atoms with Gasteiger partial charge in [0.05, 0.1) is 17.6 Å². The fourth-order valence-corrected chi connectivity index (χ4v) is 1.60. The van der Waals surface area contributed by atoms with Crippen LogP contribution in [0.3, 0.4) is 0 Å². The van der Waals surface area contributed by atoms with Crippen molar-refractivity contribution < 1.29 is 8.78 Å². The molecule has 0 aliphatic carbocycles. The van der Waals surface area contributed by atoms with E-state index in [1.165, 1.54) is 11.1 Å². The number of anilines is 3. The number of pyridine rings is 1. The van der Waals surface area contributed by atoms with Crippen molar-refractivity contribution in [1.29, 1.82) is 0 Å². The van der Waals surface area contributed by atoms with Gasteiger partial charge >= 0.3 is 0 Å². The van der Waals surface area contributed by atoms with Crippen LogP contribution in [0.2, 0.25) is 0 Å². The van der Waals surface area contributed by atoms with Crippen molar-refractivity contribution in [3.8, 4) is 0 Å². The summed E-state index contributed by atoms with van der Waals surface area (Å²) >= 11 is 0. The highest BCUT2D eigenvalue weighted by molar-refractivity contribution is 5.62. The lowest BCUT2D eigenvalue weighted by atomic mass is 10.2. The van der Waals surface area contributed by atoms with Crippen molar-refractivity contribution in [3.05, 3.63) is 47.7 Å². The number of nitrogen functional groups attached to an aromatic ring is 1.